The normalized spacial score (nSPS) is 13.8. The molecule has 40 heavy (non-hydrogen) atoms. The number of para-hydroxylation sites is 2. The molecule has 0 radical (unpaired) electrons. The molecule has 1 heterocycles. The quantitative estimate of drug-likeness (QED) is 0.0988. The van der Waals surface area contributed by atoms with Crippen LogP contribution in [0.5, 0.6) is 23.0 Å². The molecule has 0 aliphatic carbocycles. The molecule has 12 heteroatoms. The van der Waals surface area contributed by atoms with Gasteiger partial charge < -0.3 is 18.9 Å². The molecule has 11 nitrogen and oxygen atoms in total. The number of ether oxygens (including phenoxy) is 4. The Morgan fingerprint density at radius 1 is 0.975 bits per heavy atom. The van der Waals surface area contributed by atoms with Crippen LogP contribution < -0.4 is 18.9 Å². The number of esters is 1. The molecule has 3 aromatic rings. The third-order valence-corrected chi connectivity index (χ3v) is 6.48. The van der Waals surface area contributed by atoms with Crippen molar-refractivity contribution in [3.63, 3.8) is 0 Å². The molecule has 0 aromatic heterocycles. The summed E-state index contributed by atoms with van der Waals surface area (Å²) in [5.74, 6) is 0.103. The molecular formula is C28H24N2O9S. The lowest BCUT2D eigenvalue weighted by atomic mass is 10.1. The lowest BCUT2D eigenvalue weighted by Gasteiger charge is -2.14. The second-order valence-electron chi connectivity index (χ2n) is 8.17. The Hall–Kier alpha value is -4.84. The Bertz CT molecular complexity index is 1490. The first-order valence-corrected chi connectivity index (χ1v) is 12.9. The van der Waals surface area contributed by atoms with Crippen LogP contribution in [0.25, 0.3) is 6.08 Å². The minimum absolute atomic E-state index is 0.00378. The van der Waals surface area contributed by atoms with E-state index < -0.39 is 22.0 Å². The number of imide groups is 1. The van der Waals surface area contributed by atoms with Crippen molar-refractivity contribution in [3.8, 4) is 23.0 Å². The number of hydrogen-bond acceptors (Lipinski definition) is 10. The summed E-state index contributed by atoms with van der Waals surface area (Å²) in [5, 5.41) is 10.6. The fourth-order valence-corrected chi connectivity index (χ4v) is 4.57. The predicted molar refractivity (Wildman–Crippen MR) is 147 cm³/mol. The van der Waals surface area contributed by atoms with Crippen molar-refractivity contribution in [2.75, 3.05) is 26.9 Å². The average Bonchev–Trinajstić information content (AvgIpc) is 3.22. The van der Waals surface area contributed by atoms with Crippen molar-refractivity contribution < 1.29 is 38.3 Å². The number of carbonyl (C=O) groups excluding carboxylic acids is 3. The summed E-state index contributed by atoms with van der Waals surface area (Å²) >= 11 is 0.803. The molecule has 1 fully saturated rings. The molecular weight excluding hydrogens is 540 g/mol. The molecule has 2 amide bonds. The van der Waals surface area contributed by atoms with Crippen molar-refractivity contribution in [2.45, 2.75) is 6.92 Å². The highest BCUT2D eigenvalue weighted by atomic mass is 32.2. The zero-order valence-electron chi connectivity index (χ0n) is 21.5. The van der Waals surface area contributed by atoms with Gasteiger partial charge in [-0.1, -0.05) is 24.3 Å². The first-order valence-electron chi connectivity index (χ1n) is 12.1. The van der Waals surface area contributed by atoms with Gasteiger partial charge in [0.1, 0.15) is 6.61 Å². The van der Waals surface area contributed by atoms with E-state index in [4.69, 9.17) is 18.9 Å². The molecule has 0 bridgehead atoms. The number of methoxy groups -OCH3 is 1. The molecule has 0 spiro atoms. The van der Waals surface area contributed by atoms with Crippen LogP contribution in [0.2, 0.25) is 0 Å². The SMILES string of the molecule is CCOc1cc(/C=C2\SC(=O)N(CCOc3ccccc3OC)C2=O)ccc1OC(=O)c1cccc([N+](=O)[O-])c1. The number of carbonyl (C=O) groups is 3. The van der Waals surface area contributed by atoms with Gasteiger partial charge in [-0.25, -0.2) is 4.79 Å². The number of nitro benzene ring substituents is 1. The lowest BCUT2D eigenvalue weighted by molar-refractivity contribution is -0.384. The maximum Gasteiger partial charge on any atom is 0.343 e. The van der Waals surface area contributed by atoms with Crippen LogP contribution in [-0.4, -0.2) is 53.8 Å². The van der Waals surface area contributed by atoms with Gasteiger partial charge in [-0.2, -0.15) is 0 Å². The van der Waals surface area contributed by atoms with Crippen LogP contribution in [-0.2, 0) is 4.79 Å². The highest BCUT2D eigenvalue weighted by molar-refractivity contribution is 8.18. The second kappa shape index (κ2) is 12.8. The van der Waals surface area contributed by atoms with Crippen molar-refractivity contribution >= 4 is 40.6 Å². The molecule has 0 atom stereocenters. The van der Waals surface area contributed by atoms with Crippen LogP contribution in [0, 0.1) is 10.1 Å². The highest BCUT2D eigenvalue weighted by Gasteiger charge is 2.35. The van der Waals surface area contributed by atoms with E-state index in [0.29, 0.717) is 17.1 Å². The van der Waals surface area contributed by atoms with Crippen LogP contribution in [0.3, 0.4) is 0 Å². The van der Waals surface area contributed by atoms with E-state index in [2.05, 4.69) is 0 Å². The predicted octanol–water partition coefficient (Wildman–Crippen LogP) is 5.34. The number of nitrogens with zero attached hydrogens (tertiary/aromatic N) is 2. The summed E-state index contributed by atoms with van der Waals surface area (Å²) in [6.45, 7) is 2.15. The Morgan fingerprint density at radius 2 is 1.75 bits per heavy atom. The van der Waals surface area contributed by atoms with Gasteiger partial charge in [0.2, 0.25) is 0 Å². The monoisotopic (exact) mass is 564 g/mol. The van der Waals surface area contributed by atoms with E-state index in [-0.39, 0.29) is 47.4 Å². The first kappa shape index (κ1) is 28.2. The van der Waals surface area contributed by atoms with Gasteiger partial charge in [0.15, 0.2) is 23.0 Å². The van der Waals surface area contributed by atoms with E-state index in [1.807, 2.05) is 0 Å². The zero-order chi connectivity index (χ0) is 28.6. The molecule has 0 saturated carbocycles. The van der Waals surface area contributed by atoms with Gasteiger partial charge >= 0.3 is 5.97 Å². The summed E-state index contributed by atoms with van der Waals surface area (Å²) in [4.78, 5) is 49.8. The standard InChI is InChI=1S/C28H24N2O9S/c1-3-37-24-15-18(11-12-23(24)39-27(32)19-7-6-8-20(17-19)30(34)35)16-25-26(31)29(28(33)40-25)13-14-38-22-10-5-4-9-21(22)36-2/h4-12,15-17H,3,13-14H2,1-2H3/b25-16-. The Kier molecular flexibility index (Phi) is 9.02. The zero-order valence-corrected chi connectivity index (χ0v) is 22.3. The second-order valence-corrected chi connectivity index (χ2v) is 9.16. The summed E-state index contributed by atoms with van der Waals surface area (Å²) < 4.78 is 22.0. The Labute approximate surface area is 233 Å². The number of thioether (sulfide) groups is 1. The van der Waals surface area contributed by atoms with Crippen LogP contribution in [0.1, 0.15) is 22.8 Å². The van der Waals surface area contributed by atoms with E-state index in [1.54, 1.807) is 49.4 Å². The topological polar surface area (TPSA) is 135 Å². The number of amides is 2. The third kappa shape index (κ3) is 6.59. The fraction of sp³-hybridized carbons (Fsp3) is 0.179. The summed E-state index contributed by atoms with van der Waals surface area (Å²) in [5.41, 5.74) is 0.300. The van der Waals surface area contributed by atoms with E-state index >= 15 is 0 Å². The van der Waals surface area contributed by atoms with E-state index in [9.17, 15) is 24.5 Å². The third-order valence-electron chi connectivity index (χ3n) is 5.58. The number of hydrogen-bond donors (Lipinski definition) is 0. The Morgan fingerprint density at radius 3 is 2.48 bits per heavy atom. The lowest BCUT2D eigenvalue weighted by Crippen LogP contribution is -2.32. The van der Waals surface area contributed by atoms with Crippen LogP contribution in [0.4, 0.5) is 10.5 Å². The first-order chi connectivity index (χ1) is 19.3. The molecule has 1 saturated heterocycles. The smallest absolute Gasteiger partial charge is 0.343 e. The summed E-state index contributed by atoms with van der Waals surface area (Å²) in [6, 6.07) is 16.9. The van der Waals surface area contributed by atoms with Gasteiger partial charge in [0.25, 0.3) is 16.8 Å². The number of nitro groups is 1. The molecule has 1 aliphatic rings. The summed E-state index contributed by atoms with van der Waals surface area (Å²) in [6.07, 6.45) is 1.54. The van der Waals surface area contributed by atoms with Crippen molar-refractivity contribution in [1.82, 2.24) is 4.90 Å². The fourth-order valence-electron chi connectivity index (χ4n) is 3.70. The van der Waals surface area contributed by atoms with Crippen LogP contribution in [0.15, 0.2) is 71.6 Å². The molecule has 3 aromatic carbocycles. The Balaban J connectivity index is 1.45. The van der Waals surface area contributed by atoms with Crippen LogP contribution >= 0.6 is 11.8 Å². The maximum atomic E-state index is 12.9. The molecule has 0 unspecified atom stereocenters. The average molecular weight is 565 g/mol. The van der Waals surface area contributed by atoms with Crippen molar-refractivity contribution in [3.05, 3.63) is 92.9 Å². The van der Waals surface area contributed by atoms with Gasteiger partial charge in [0, 0.05) is 12.1 Å². The molecule has 0 N–H and O–H groups in total. The molecule has 4 rings (SSSR count). The molecule has 206 valence electrons. The van der Waals surface area contributed by atoms with Gasteiger partial charge in [-0.05, 0) is 60.7 Å². The van der Waals surface area contributed by atoms with E-state index in [1.165, 1.54) is 31.4 Å². The number of non-ortho nitro benzene ring substituents is 1. The summed E-state index contributed by atoms with van der Waals surface area (Å²) in [7, 11) is 1.52. The number of benzene rings is 3. The highest BCUT2D eigenvalue weighted by Crippen LogP contribution is 2.35. The minimum Gasteiger partial charge on any atom is -0.493 e. The van der Waals surface area contributed by atoms with Crippen molar-refractivity contribution in [2.24, 2.45) is 0 Å². The number of rotatable bonds is 11. The maximum absolute atomic E-state index is 12.9. The largest absolute Gasteiger partial charge is 0.493 e. The van der Waals surface area contributed by atoms with Gasteiger partial charge in [-0.15, -0.1) is 0 Å². The molecule has 1 aliphatic heterocycles. The minimum atomic E-state index is -0.797. The van der Waals surface area contributed by atoms with Gasteiger partial charge in [-0.3, -0.25) is 24.6 Å². The van der Waals surface area contributed by atoms with Crippen molar-refractivity contribution in [1.29, 1.82) is 0 Å². The van der Waals surface area contributed by atoms with Gasteiger partial charge in [0.05, 0.1) is 35.7 Å². The van der Waals surface area contributed by atoms with E-state index in [0.717, 1.165) is 22.7 Å².